The first-order valence-electron chi connectivity index (χ1n) is 8.53. The summed E-state index contributed by atoms with van der Waals surface area (Å²) >= 11 is 0. The molecule has 4 rings (SSSR count). The lowest BCUT2D eigenvalue weighted by Gasteiger charge is -2.36. The van der Waals surface area contributed by atoms with Crippen molar-refractivity contribution in [3.63, 3.8) is 0 Å². The van der Waals surface area contributed by atoms with E-state index in [2.05, 4.69) is 16.9 Å². The minimum absolute atomic E-state index is 0.373. The van der Waals surface area contributed by atoms with Crippen LogP contribution in [0, 0.1) is 17.3 Å². The summed E-state index contributed by atoms with van der Waals surface area (Å²) in [5.41, 5.74) is 7.86. The molecule has 3 saturated carbocycles. The van der Waals surface area contributed by atoms with Gasteiger partial charge < -0.3 is 5.73 Å². The van der Waals surface area contributed by atoms with Crippen LogP contribution >= 0.6 is 0 Å². The molecule has 20 heavy (non-hydrogen) atoms. The van der Waals surface area contributed by atoms with Crippen molar-refractivity contribution < 1.29 is 0 Å². The van der Waals surface area contributed by atoms with Gasteiger partial charge in [0.15, 0.2) is 0 Å². The molecule has 0 saturated heterocycles. The van der Waals surface area contributed by atoms with Crippen LogP contribution in [0.15, 0.2) is 12.3 Å². The normalized spacial score (nSPS) is 37.0. The van der Waals surface area contributed by atoms with E-state index in [1.807, 2.05) is 0 Å². The highest BCUT2D eigenvalue weighted by atomic mass is 15.3. The third kappa shape index (κ3) is 2.02. The predicted octanol–water partition coefficient (Wildman–Crippen LogP) is 3.31. The molecule has 3 fully saturated rings. The molecule has 0 spiro atoms. The van der Waals surface area contributed by atoms with Crippen LogP contribution in [-0.4, -0.2) is 16.3 Å². The zero-order valence-electron chi connectivity index (χ0n) is 12.4. The standard InChI is InChI=1S/C17H27N3/c18-12-17(10-13-5-6-14(17)9-13)11-15-7-8-20(19-15)16-3-1-2-4-16/h7-8,13-14,16H,1-6,9-12,18H2. The van der Waals surface area contributed by atoms with Gasteiger partial charge in [-0.05, 0) is 68.4 Å². The molecule has 3 atom stereocenters. The van der Waals surface area contributed by atoms with E-state index in [1.54, 1.807) is 0 Å². The Bertz CT molecular complexity index is 474. The van der Waals surface area contributed by atoms with E-state index in [4.69, 9.17) is 10.8 Å². The second-order valence-corrected chi connectivity index (χ2v) is 7.55. The molecule has 110 valence electrons. The maximum absolute atomic E-state index is 6.20. The molecule has 3 unspecified atom stereocenters. The highest BCUT2D eigenvalue weighted by molar-refractivity contribution is 5.10. The molecule has 3 aliphatic carbocycles. The van der Waals surface area contributed by atoms with E-state index in [1.165, 1.54) is 57.1 Å². The smallest absolute Gasteiger partial charge is 0.0630 e. The van der Waals surface area contributed by atoms with Gasteiger partial charge in [-0.1, -0.05) is 19.3 Å². The monoisotopic (exact) mass is 273 g/mol. The molecule has 1 aromatic heterocycles. The Balaban J connectivity index is 1.50. The first-order chi connectivity index (χ1) is 9.79. The van der Waals surface area contributed by atoms with E-state index < -0.39 is 0 Å². The Labute approximate surface area is 121 Å². The summed E-state index contributed by atoms with van der Waals surface area (Å²) in [7, 11) is 0. The molecular formula is C17H27N3. The van der Waals surface area contributed by atoms with Gasteiger partial charge in [-0.3, -0.25) is 4.68 Å². The minimum atomic E-state index is 0.373. The third-order valence-electron chi connectivity index (χ3n) is 6.40. The molecule has 3 aliphatic rings. The second-order valence-electron chi connectivity index (χ2n) is 7.55. The maximum atomic E-state index is 6.20. The number of nitrogens with zero attached hydrogens (tertiary/aromatic N) is 2. The topological polar surface area (TPSA) is 43.8 Å². The first kappa shape index (κ1) is 12.9. The number of nitrogens with two attached hydrogens (primary N) is 1. The van der Waals surface area contributed by atoms with Crippen LogP contribution in [0.4, 0.5) is 0 Å². The molecule has 3 heteroatoms. The van der Waals surface area contributed by atoms with Crippen molar-refractivity contribution in [3.05, 3.63) is 18.0 Å². The van der Waals surface area contributed by atoms with Crippen LogP contribution in [0.5, 0.6) is 0 Å². The Morgan fingerprint density at radius 2 is 2.10 bits per heavy atom. The Morgan fingerprint density at radius 3 is 2.75 bits per heavy atom. The molecule has 2 N–H and O–H groups in total. The summed E-state index contributed by atoms with van der Waals surface area (Å²) in [6.07, 6.45) is 14.3. The van der Waals surface area contributed by atoms with Gasteiger partial charge in [0.2, 0.25) is 0 Å². The fraction of sp³-hybridized carbons (Fsp3) is 0.824. The van der Waals surface area contributed by atoms with Crippen LogP contribution in [0.1, 0.15) is 63.1 Å². The molecule has 0 radical (unpaired) electrons. The van der Waals surface area contributed by atoms with Crippen LogP contribution in [0.2, 0.25) is 0 Å². The number of rotatable bonds is 4. The average Bonchev–Trinajstić information content (AvgIpc) is 3.22. The molecule has 1 aromatic rings. The number of hydrogen-bond acceptors (Lipinski definition) is 2. The maximum Gasteiger partial charge on any atom is 0.0630 e. The number of hydrogen-bond donors (Lipinski definition) is 1. The molecule has 0 amide bonds. The molecular weight excluding hydrogens is 246 g/mol. The summed E-state index contributed by atoms with van der Waals surface area (Å²) in [6, 6.07) is 2.92. The largest absolute Gasteiger partial charge is 0.330 e. The van der Waals surface area contributed by atoms with Gasteiger partial charge in [-0.25, -0.2) is 0 Å². The van der Waals surface area contributed by atoms with Gasteiger partial charge in [0.1, 0.15) is 0 Å². The van der Waals surface area contributed by atoms with Gasteiger partial charge in [-0.2, -0.15) is 5.10 Å². The van der Waals surface area contributed by atoms with Gasteiger partial charge in [0.25, 0.3) is 0 Å². The van der Waals surface area contributed by atoms with Crippen LogP contribution in [0.25, 0.3) is 0 Å². The van der Waals surface area contributed by atoms with Gasteiger partial charge >= 0.3 is 0 Å². The van der Waals surface area contributed by atoms with Crippen molar-refractivity contribution >= 4 is 0 Å². The highest BCUT2D eigenvalue weighted by Crippen LogP contribution is 2.56. The SMILES string of the molecule is NCC1(Cc2ccn(C3CCCC3)n2)CC2CCC1C2. The third-order valence-corrected chi connectivity index (χ3v) is 6.40. The highest BCUT2D eigenvalue weighted by Gasteiger charge is 2.50. The van der Waals surface area contributed by atoms with E-state index >= 15 is 0 Å². The van der Waals surface area contributed by atoms with Crippen molar-refractivity contribution in [1.29, 1.82) is 0 Å². The van der Waals surface area contributed by atoms with E-state index in [0.29, 0.717) is 11.5 Å². The van der Waals surface area contributed by atoms with Gasteiger partial charge in [0.05, 0.1) is 11.7 Å². The molecule has 1 heterocycles. The van der Waals surface area contributed by atoms with Crippen LogP contribution in [0.3, 0.4) is 0 Å². The first-order valence-corrected chi connectivity index (χ1v) is 8.53. The Kier molecular flexibility index (Phi) is 3.13. The summed E-state index contributed by atoms with van der Waals surface area (Å²) in [5.74, 6) is 1.83. The van der Waals surface area contributed by atoms with Gasteiger partial charge in [-0.15, -0.1) is 0 Å². The van der Waals surface area contributed by atoms with Gasteiger partial charge in [0, 0.05) is 6.20 Å². The number of fused-ring (bicyclic) bond motifs is 2. The van der Waals surface area contributed by atoms with Crippen molar-refractivity contribution in [2.24, 2.45) is 23.0 Å². The lowest BCUT2D eigenvalue weighted by atomic mass is 9.70. The fourth-order valence-electron chi connectivity index (χ4n) is 5.30. The molecule has 0 aromatic carbocycles. The molecule has 2 bridgehead atoms. The van der Waals surface area contributed by atoms with Crippen molar-refractivity contribution in [2.45, 2.75) is 63.8 Å². The van der Waals surface area contributed by atoms with E-state index in [0.717, 1.165) is 24.8 Å². The molecule has 0 aliphatic heterocycles. The van der Waals surface area contributed by atoms with Crippen LogP contribution < -0.4 is 5.73 Å². The quantitative estimate of drug-likeness (QED) is 0.914. The number of aromatic nitrogens is 2. The van der Waals surface area contributed by atoms with E-state index in [-0.39, 0.29) is 0 Å². The second kappa shape index (κ2) is 4.87. The Morgan fingerprint density at radius 1 is 1.25 bits per heavy atom. The Hall–Kier alpha value is -0.830. The lowest BCUT2D eigenvalue weighted by molar-refractivity contribution is 0.169. The summed E-state index contributed by atoms with van der Waals surface area (Å²) < 4.78 is 2.24. The van der Waals surface area contributed by atoms with Crippen molar-refractivity contribution in [3.8, 4) is 0 Å². The zero-order chi connectivity index (χ0) is 13.6. The summed E-state index contributed by atoms with van der Waals surface area (Å²) in [4.78, 5) is 0. The lowest BCUT2D eigenvalue weighted by Crippen LogP contribution is -2.38. The van der Waals surface area contributed by atoms with Crippen molar-refractivity contribution in [2.75, 3.05) is 6.54 Å². The zero-order valence-corrected chi connectivity index (χ0v) is 12.4. The van der Waals surface area contributed by atoms with Crippen LogP contribution in [-0.2, 0) is 6.42 Å². The summed E-state index contributed by atoms with van der Waals surface area (Å²) in [6.45, 7) is 0.852. The van der Waals surface area contributed by atoms with Crippen molar-refractivity contribution in [1.82, 2.24) is 9.78 Å². The minimum Gasteiger partial charge on any atom is -0.330 e. The summed E-state index contributed by atoms with van der Waals surface area (Å²) in [5, 5.41) is 4.89. The molecule has 3 nitrogen and oxygen atoms in total. The fourth-order valence-corrected chi connectivity index (χ4v) is 5.30. The average molecular weight is 273 g/mol. The van der Waals surface area contributed by atoms with E-state index in [9.17, 15) is 0 Å². The predicted molar refractivity (Wildman–Crippen MR) is 80.4 cm³/mol.